The Kier molecular flexibility index (Phi) is 5.73. The molecule has 3 nitrogen and oxygen atoms in total. The molecule has 3 rings (SSSR count). The van der Waals surface area contributed by atoms with Gasteiger partial charge in [-0.1, -0.05) is 44.2 Å². The van der Waals surface area contributed by atoms with E-state index in [0.29, 0.717) is 12.0 Å². The zero-order valence-corrected chi connectivity index (χ0v) is 14.6. The maximum atomic E-state index is 10.4. The first kappa shape index (κ1) is 16.9. The summed E-state index contributed by atoms with van der Waals surface area (Å²) >= 11 is 0. The van der Waals surface area contributed by atoms with Crippen LogP contribution >= 0.6 is 0 Å². The second-order valence-electron chi connectivity index (χ2n) is 7.61. The number of piperidine rings is 1. The van der Waals surface area contributed by atoms with Crippen LogP contribution in [0.25, 0.3) is 0 Å². The molecule has 2 aliphatic rings. The van der Waals surface area contributed by atoms with Gasteiger partial charge in [0.05, 0.1) is 6.10 Å². The lowest BCUT2D eigenvalue weighted by atomic mass is 9.77. The van der Waals surface area contributed by atoms with E-state index in [1.54, 1.807) is 0 Å². The van der Waals surface area contributed by atoms with Gasteiger partial charge in [0, 0.05) is 31.7 Å². The van der Waals surface area contributed by atoms with Gasteiger partial charge in [-0.2, -0.15) is 0 Å². The molecule has 0 aromatic heterocycles. The summed E-state index contributed by atoms with van der Waals surface area (Å²) in [6.07, 6.45) is 4.50. The Hall–Kier alpha value is -0.900. The van der Waals surface area contributed by atoms with Gasteiger partial charge in [-0.3, -0.25) is 4.90 Å². The van der Waals surface area contributed by atoms with Gasteiger partial charge in [0.25, 0.3) is 0 Å². The lowest BCUT2D eigenvalue weighted by Gasteiger charge is -2.49. The minimum atomic E-state index is -0.158. The maximum Gasteiger partial charge on any atom is 0.0578 e. The predicted molar refractivity (Wildman–Crippen MR) is 95.2 cm³/mol. The number of nitrogens with zero attached hydrogens (tertiary/aromatic N) is 1. The number of likely N-dealkylation sites (tertiary alicyclic amines) is 1. The Morgan fingerprint density at radius 3 is 2.61 bits per heavy atom. The number of aliphatic hydroxyl groups excluding tert-OH is 1. The Balaban J connectivity index is 1.61. The van der Waals surface area contributed by atoms with Crippen molar-refractivity contribution >= 4 is 0 Å². The summed E-state index contributed by atoms with van der Waals surface area (Å²) in [4.78, 5) is 2.66. The van der Waals surface area contributed by atoms with Crippen LogP contribution in [-0.4, -0.2) is 41.3 Å². The Morgan fingerprint density at radius 1 is 1.22 bits per heavy atom. The zero-order valence-electron chi connectivity index (χ0n) is 14.6. The van der Waals surface area contributed by atoms with Crippen molar-refractivity contribution in [2.75, 3.05) is 13.1 Å². The summed E-state index contributed by atoms with van der Waals surface area (Å²) in [6, 6.07) is 11.9. The molecular weight excluding hydrogens is 284 g/mol. The van der Waals surface area contributed by atoms with E-state index in [9.17, 15) is 5.11 Å². The number of rotatable bonds is 6. The first-order valence-electron chi connectivity index (χ1n) is 9.36. The number of hydrogen-bond donors (Lipinski definition) is 2. The summed E-state index contributed by atoms with van der Waals surface area (Å²) in [5.74, 6) is 1.23. The van der Waals surface area contributed by atoms with Crippen LogP contribution in [0.4, 0.5) is 0 Å². The normalized spacial score (nSPS) is 33.2. The zero-order chi connectivity index (χ0) is 16.2. The van der Waals surface area contributed by atoms with Crippen molar-refractivity contribution in [2.45, 2.75) is 64.3 Å². The number of nitrogens with one attached hydrogen (secondary N) is 1. The molecule has 0 radical (unpaired) electrons. The topological polar surface area (TPSA) is 35.5 Å². The SMILES string of the molecule is CCC(O)C1CC(NCc2ccccc2)CN(C2CCC2C)C1. The third kappa shape index (κ3) is 4.14. The molecule has 0 spiro atoms. The van der Waals surface area contributed by atoms with E-state index < -0.39 is 0 Å². The Morgan fingerprint density at radius 2 is 2.00 bits per heavy atom. The van der Waals surface area contributed by atoms with E-state index in [1.165, 1.54) is 18.4 Å². The lowest BCUT2D eigenvalue weighted by Crippen LogP contribution is -2.58. The molecule has 5 unspecified atom stereocenters. The second kappa shape index (κ2) is 7.78. The number of aliphatic hydroxyl groups is 1. The summed E-state index contributed by atoms with van der Waals surface area (Å²) in [6.45, 7) is 7.61. The fourth-order valence-electron chi connectivity index (χ4n) is 4.25. The van der Waals surface area contributed by atoms with Crippen molar-refractivity contribution in [1.29, 1.82) is 0 Å². The van der Waals surface area contributed by atoms with Gasteiger partial charge < -0.3 is 10.4 Å². The van der Waals surface area contributed by atoms with Crippen LogP contribution < -0.4 is 5.32 Å². The molecular formula is C20H32N2O. The van der Waals surface area contributed by atoms with Crippen molar-refractivity contribution in [3.8, 4) is 0 Å². The van der Waals surface area contributed by atoms with Gasteiger partial charge in [-0.25, -0.2) is 0 Å². The first-order chi connectivity index (χ1) is 11.2. The van der Waals surface area contributed by atoms with Crippen LogP contribution in [0, 0.1) is 11.8 Å². The monoisotopic (exact) mass is 316 g/mol. The Bertz CT molecular complexity index is 478. The molecule has 128 valence electrons. The van der Waals surface area contributed by atoms with E-state index in [1.807, 2.05) is 0 Å². The van der Waals surface area contributed by atoms with Crippen LogP contribution in [0.5, 0.6) is 0 Å². The average molecular weight is 316 g/mol. The maximum absolute atomic E-state index is 10.4. The van der Waals surface area contributed by atoms with Crippen molar-refractivity contribution in [3.05, 3.63) is 35.9 Å². The van der Waals surface area contributed by atoms with E-state index in [2.05, 4.69) is 54.4 Å². The third-order valence-corrected chi connectivity index (χ3v) is 5.95. The van der Waals surface area contributed by atoms with Gasteiger partial charge in [0.1, 0.15) is 0 Å². The van der Waals surface area contributed by atoms with Crippen LogP contribution in [-0.2, 0) is 6.54 Å². The summed E-state index contributed by atoms with van der Waals surface area (Å²) in [5.41, 5.74) is 1.34. The van der Waals surface area contributed by atoms with Gasteiger partial charge in [-0.15, -0.1) is 0 Å². The summed E-state index contributed by atoms with van der Waals surface area (Å²) in [5, 5.41) is 14.1. The van der Waals surface area contributed by atoms with Crippen molar-refractivity contribution in [2.24, 2.45) is 11.8 Å². The highest BCUT2D eigenvalue weighted by Gasteiger charge is 2.38. The molecule has 5 atom stereocenters. The van der Waals surface area contributed by atoms with Gasteiger partial charge in [0.15, 0.2) is 0 Å². The van der Waals surface area contributed by atoms with Crippen LogP contribution in [0.1, 0.15) is 45.1 Å². The number of benzene rings is 1. The fourth-order valence-corrected chi connectivity index (χ4v) is 4.25. The molecule has 1 saturated heterocycles. The van der Waals surface area contributed by atoms with Crippen molar-refractivity contribution in [3.63, 3.8) is 0 Å². The minimum Gasteiger partial charge on any atom is -0.393 e. The average Bonchev–Trinajstić information content (AvgIpc) is 2.58. The molecule has 1 aromatic carbocycles. The standard InChI is InChI=1S/C20H32N2O/c1-3-20(23)17-11-18(21-12-16-7-5-4-6-8-16)14-22(13-17)19-10-9-15(19)2/h4-8,15,17-21,23H,3,9-14H2,1-2H3. The quantitative estimate of drug-likeness (QED) is 0.847. The molecule has 2 fully saturated rings. The molecule has 1 aliphatic carbocycles. The molecule has 1 aromatic rings. The molecule has 1 saturated carbocycles. The van der Waals surface area contributed by atoms with E-state index in [-0.39, 0.29) is 6.10 Å². The highest BCUT2D eigenvalue weighted by molar-refractivity contribution is 5.14. The molecule has 23 heavy (non-hydrogen) atoms. The largest absolute Gasteiger partial charge is 0.393 e. The summed E-state index contributed by atoms with van der Waals surface area (Å²) in [7, 11) is 0. The van der Waals surface area contributed by atoms with Crippen molar-refractivity contribution in [1.82, 2.24) is 10.2 Å². The lowest BCUT2D eigenvalue weighted by molar-refractivity contribution is -0.0163. The highest BCUT2D eigenvalue weighted by atomic mass is 16.3. The second-order valence-corrected chi connectivity index (χ2v) is 7.61. The third-order valence-electron chi connectivity index (χ3n) is 5.95. The minimum absolute atomic E-state index is 0.158. The fraction of sp³-hybridized carbons (Fsp3) is 0.700. The summed E-state index contributed by atoms with van der Waals surface area (Å²) < 4.78 is 0. The van der Waals surface area contributed by atoms with Crippen LogP contribution in [0.3, 0.4) is 0 Å². The van der Waals surface area contributed by atoms with Crippen LogP contribution in [0.2, 0.25) is 0 Å². The van der Waals surface area contributed by atoms with Gasteiger partial charge in [-0.05, 0) is 43.1 Å². The molecule has 3 heteroatoms. The van der Waals surface area contributed by atoms with E-state index in [0.717, 1.165) is 44.4 Å². The molecule has 1 aliphatic heterocycles. The van der Waals surface area contributed by atoms with Crippen LogP contribution in [0.15, 0.2) is 30.3 Å². The van der Waals surface area contributed by atoms with Gasteiger partial charge in [0.2, 0.25) is 0 Å². The molecule has 2 N–H and O–H groups in total. The first-order valence-corrected chi connectivity index (χ1v) is 9.36. The van der Waals surface area contributed by atoms with Gasteiger partial charge >= 0.3 is 0 Å². The predicted octanol–water partition coefficient (Wildman–Crippen LogP) is 3.04. The highest BCUT2D eigenvalue weighted by Crippen LogP contribution is 2.35. The smallest absolute Gasteiger partial charge is 0.0578 e. The Labute approximate surface area is 141 Å². The molecule has 0 bridgehead atoms. The molecule has 1 heterocycles. The van der Waals surface area contributed by atoms with E-state index in [4.69, 9.17) is 0 Å². The van der Waals surface area contributed by atoms with Crippen molar-refractivity contribution < 1.29 is 5.11 Å². The number of hydrogen-bond acceptors (Lipinski definition) is 3. The van der Waals surface area contributed by atoms with E-state index >= 15 is 0 Å². The molecule has 0 amide bonds.